The van der Waals surface area contributed by atoms with Gasteiger partial charge in [-0.2, -0.15) is 0 Å². The first-order chi connectivity index (χ1) is 9.08. The molecule has 1 N–H and O–H groups in total. The zero-order chi connectivity index (χ0) is 13.8. The molecule has 0 heterocycles. The van der Waals surface area contributed by atoms with Gasteiger partial charge in [-0.3, -0.25) is 0 Å². The maximum absolute atomic E-state index is 11.1. The Kier molecular flexibility index (Phi) is 4.10. The van der Waals surface area contributed by atoms with Crippen molar-refractivity contribution in [2.75, 3.05) is 0 Å². The molecule has 98 valence electrons. The summed E-state index contributed by atoms with van der Waals surface area (Å²) in [6.07, 6.45) is 0. The SMILES string of the molecule is O=C(O)c1ccccc1[I-]c1ccc([N+](=O)[O-])cc1. The molecule has 0 aliphatic rings. The van der Waals surface area contributed by atoms with Crippen LogP contribution in [0.1, 0.15) is 10.4 Å². The van der Waals surface area contributed by atoms with Crippen LogP contribution in [0.5, 0.6) is 0 Å². The van der Waals surface area contributed by atoms with E-state index >= 15 is 0 Å². The Morgan fingerprint density at radius 3 is 2.32 bits per heavy atom. The van der Waals surface area contributed by atoms with Gasteiger partial charge < -0.3 is 0 Å². The average molecular weight is 370 g/mol. The molecular weight excluding hydrogens is 361 g/mol. The Hall–Kier alpha value is -1.96. The standard InChI is InChI=1S/C13H9INO4/c16-13(17)11-3-1-2-4-12(11)14-9-5-7-10(8-6-9)15(18)19/h1-8H,(H,16,17)/q-1. The number of nitro benzene ring substituents is 1. The number of nitro groups is 1. The van der Waals surface area contributed by atoms with Gasteiger partial charge in [-0.05, 0) is 0 Å². The first-order valence-electron chi connectivity index (χ1n) is 5.29. The number of benzene rings is 2. The van der Waals surface area contributed by atoms with Gasteiger partial charge in [0.15, 0.2) is 0 Å². The molecule has 0 atom stereocenters. The molecule has 0 saturated carbocycles. The predicted molar refractivity (Wildman–Crippen MR) is 63.9 cm³/mol. The van der Waals surface area contributed by atoms with E-state index in [1.807, 2.05) is 0 Å². The molecule has 0 unspecified atom stereocenters. The van der Waals surface area contributed by atoms with Crippen molar-refractivity contribution < 1.29 is 36.0 Å². The van der Waals surface area contributed by atoms with Gasteiger partial charge in [0.2, 0.25) is 0 Å². The number of halogens is 1. The fraction of sp³-hybridized carbons (Fsp3) is 0. The van der Waals surface area contributed by atoms with E-state index in [2.05, 4.69) is 0 Å². The number of nitrogens with zero attached hydrogens (tertiary/aromatic N) is 1. The Morgan fingerprint density at radius 1 is 1.11 bits per heavy atom. The predicted octanol–water partition coefficient (Wildman–Crippen LogP) is -0.579. The normalized spacial score (nSPS) is 10.3. The maximum atomic E-state index is 11.1. The Bertz CT molecular complexity index is 625. The monoisotopic (exact) mass is 370 g/mol. The van der Waals surface area contributed by atoms with Crippen molar-refractivity contribution >= 4 is 11.7 Å². The van der Waals surface area contributed by atoms with Crippen LogP contribution in [-0.4, -0.2) is 16.0 Å². The molecule has 0 saturated heterocycles. The molecule has 0 aliphatic carbocycles. The summed E-state index contributed by atoms with van der Waals surface area (Å²) in [5.41, 5.74) is 0.341. The van der Waals surface area contributed by atoms with Crippen LogP contribution < -0.4 is 21.2 Å². The molecule has 0 aliphatic heterocycles. The second kappa shape index (κ2) is 5.79. The molecule has 0 bridgehead atoms. The van der Waals surface area contributed by atoms with Gasteiger partial charge in [0, 0.05) is 0 Å². The summed E-state index contributed by atoms with van der Waals surface area (Å²) in [5.74, 6) is -0.947. The van der Waals surface area contributed by atoms with Gasteiger partial charge in [0.1, 0.15) is 0 Å². The summed E-state index contributed by atoms with van der Waals surface area (Å²) >= 11 is -0.663. The van der Waals surface area contributed by atoms with Gasteiger partial charge in [0.25, 0.3) is 0 Å². The second-order valence-electron chi connectivity index (χ2n) is 3.61. The van der Waals surface area contributed by atoms with E-state index in [0.29, 0.717) is 5.56 Å². The summed E-state index contributed by atoms with van der Waals surface area (Å²) in [7, 11) is 0. The quantitative estimate of drug-likeness (QED) is 0.444. The third-order valence-corrected chi connectivity index (χ3v) is 5.22. The van der Waals surface area contributed by atoms with E-state index in [9.17, 15) is 14.9 Å². The molecule has 5 nitrogen and oxygen atoms in total. The molecule has 0 fully saturated rings. The number of non-ortho nitro benzene ring substituents is 1. The van der Waals surface area contributed by atoms with Crippen molar-refractivity contribution in [3.63, 3.8) is 0 Å². The third-order valence-electron chi connectivity index (χ3n) is 2.35. The summed E-state index contributed by atoms with van der Waals surface area (Å²) in [6.45, 7) is 0. The molecule has 0 aromatic heterocycles. The van der Waals surface area contributed by atoms with E-state index in [1.54, 1.807) is 36.4 Å². The second-order valence-corrected chi connectivity index (χ2v) is 6.56. The van der Waals surface area contributed by atoms with Crippen LogP contribution in [0.3, 0.4) is 0 Å². The van der Waals surface area contributed by atoms with E-state index in [0.717, 1.165) is 7.14 Å². The molecule has 0 amide bonds. The zero-order valence-corrected chi connectivity index (χ0v) is 11.8. The fourth-order valence-corrected chi connectivity index (χ4v) is 3.94. The van der Waals surface area contributed by atoms with Gasteiger partial charge in [-0.1, -0.05) is 0 Å². The van der Waals surface area contributed by atoms with E-state index in [-0.39, 0.29) is 5.69 Å². The van der Waals surface area contributed by atoms with Gasteiger partial charge >= 0.3 is 119 Å². The van der Waals surface area contributed by atoms with Crippen LogP contribution in [0, 0.1) is 17.3 Å². The molecular formula is C13H9INO4-. The van der Waals surface area contributed by atoms with Gasteiger partial charge in [-0.25, -0.2) is 0 Å². The first kappa shape index (κ1) is 13.5. The summed E-state index contributed by atoms with van der Waals surface area (Å²) in [5, 5.41) is 19.6. The van der Waals surface area contributed by atoms with Crippen molar-refractivity contribution in [1.29, 1.82) is 0 Å². The fourth-order valence-electron chi connectivity index (χ4n) is 1.46. The average Bonchev–Trinajstić information content (AvgIpc) is 2.39. The Balaban J connectivity index is 2.26. The molecule has 0 radical (unpaired) electrons. The summed E-state index contributed by atoms with van der Waals surface area (Å²) < 4.78 is 1.74. The molecule has 0 spiro atoms. The molecule has 6 heteroatoms. The van der Waals surface area contributed by atoms with E-state index in [1.165, 1.54) is 12.1 Å². The van der Waals surface area contributed by atoms with Crippen molar-refractivity contribution in [2.24, 2.45) is 0 Å². The molecule has 2 aromatic carbocycles. The zero-order valence-electron chi connectivity index (χ0n) is 9.62. The number of hydrogen-bond donors (Lipinski definition) is 1. The number of carboxylic acid groups (broad SMARTS) is 1. The van der Waals surface area contributed by atoms with Crippen LogP contribution in [-0.2, 0) is 0 Å². The number of carboxylic acids is 1. The minimum atomic E-state index is -0.947. The van der Waals surface area contributed by atoms with Crippen LogP contribution in [0.15, 0.2) is 48.5 Å². The van der Waals surface area contributed by atoms with Gasteiger partial charge in [-0.15, -0.1) is 0 Å². The van der Waals surface area contributed by atoms with Crippen molar-refractivity contribution in [1.82, 2.24) is 0 Å². The molecule has 19 heavy (non-hydrogen) atoms. The number of carbonyl (C=O) groups is 1. The van der Waals surface area contributed by atoms with Crippen LogP contribution in [0.25, 0.3) is 0 Å². The minimum absolute atomic E-state index is 0.0410. The van der Waals surface area contributed by atoms with Crippen LogP contribution in [0.2, 0.25) is 0 Å². The molecule has 2 rings (SSSR count). The van der Waals surface area contributed by atoms with Gasteiger partial charge in [0.05, 0.1) is 0 Å². The van der Waals surface area contributed by atoms with E-state index < -0.39 is 32.1 Å². The summed E-state index contributed by atoms with van der Waals surface area (Å²) in [4.78, 5) is 21.2. The Labute approximate surface area is 119 Å². The molecule has 2 aromatic rings. The third kappa shape index (κ3) is 3.28. The van der Waals surface area contributed by atoms with Crippen LogP contribution in [0.4, 0.5) is 5.69 Å². The number of hydrogen-bond acceptors (Lipinski definition) is 3. The topological polar surface area (TPSA) is 80.4 Å². The van der Waals surface area contributed by atoms with Crippen molar-refractivity contribution in [3.05, 3.63) is 71.3 Å². The van der Waals surface area contributed by atoms with Crippen molar-refractivity contribution in [3.8, 4) is 0 Å². The van der Waals surface area contributed by atoms with Crippen molar-refractivity contribution in [2.45, 2.75) is 0 Å². The van der Waals surface area contributed by atoms with Crippen LogP contribution >= 0.6 is 0 Å². The first-order valence-corrected chi connectivity index (χ1v) is 7.45. The Morgan fingerprint density at radius 2 is 1.74 bits per heavy atom. The summed E-state index contributed by atoms with van der Waals surface area (Å²) in [6, 6.07) is 13.1. The number of aromatic carboxylic acids is 1. The number of rotatable bonds is 4. The van der Waals surface area contributed by atoms with E-state index in [4.69, 9.17) is 5.11 Å².